The standard InChI is InChI=1S/C54H29BN2O2S2/c1-6-16-42-32(11-1)36-23-25-46-50(38-14-3-8-18-44(38)58-46)53(36)56(42)30-21-22-35-41-28-31(27-40-34-13-5-10-20-48(34)60-55(52(40)41)61-49(35)29-30)57-43-17-7-2-12-33(43)37-24-26-47-51(54(37)57)39-15-4-9-19-45(39)59-47/h1-29H. The number of rotatable bonds is 2. The fraction of sp³-hybridized carbons (Fsp3) is 0. The van der Waals surface area contributed by atoms with Crippen molar-refractivity contribution in [3.63, 3.8) is 0 Å². The van der Waals surface area contributed by atoms with Crippen molar-refractivity contribution in [2.75, 3.05) is 0 Å². The SMILES string of the molecule is c1ccc2c(c1)SB1Sc3cc(-n4c5ccccc5c5ccc6oc7ccccc7c6c54)ccc3-c3cc(-n4c5ccccc5c5ccc6oc7ccccc7c6c54)cc-2c31. The molecular weight excluding hydrogens is 784 g/mol. The van der Waals surface area contributed by atoms with Crippen molar-refractivity contribution in [1.29, 1.82) is 0 Å². The lowest BCUT2D eigenvalue weighted by atomic mass is 9.77. The van der Waals surface area contributed by atoms with Crippen molar-refractivity contribution < 1.29 is 8.83 Å². The topological polar surface area (TPSA) is 36.1 Å². The van der Waals surface area contributed by atoms with Crippen LogP contribution in [0, 0.1) is 0 Å². The zero-order valence-corrected chi connectivity index (χ0v) is 34.0. The average molecular weight is 813 g/mol. The molecule has 7 heteroatoms. The number of nitrogens with zero attached hydrogens (tertiary/aromatic N) is 2. The summed E-state index contributed by atoms with van der Waals surface area (Å²) in [4.78, 5) is 2.60. The van der Waals surface area contributed by atoms with Crippen LogP contribution in [-0.2, 0) is 0 Å². The predicted molar refractivity (Wildman–Crippen MR) is 258 cm³/mol. The van der Waals surface area contributed by atoms with Crippen molar-refractivity contribution >= 4 is 121 Å². The number of benzene rings is 9. The van der Waals surface area contributed by atoms with Gasteiger partial charge in [-0.25, -0.2) is 0 Å². The van der Waals surface area contributed by atoms with Crippen LogP contribution in [0.2, 0.25) is 0 Å². The molecule has 0 bridgehead atoms. The number of para-hydroxylation sites is 4. The molecule has 2 aliphatic heterocycles. The van der Waals surface area contributed by atoms with E-state index >= 15 is 0 Å². The number of fused-ring (bicyclic) bond motifs is 18. The first-order chi connectivity index (χ1) is 30.2. The Kier molecular flexibility index (Phi) is 6.35. The molecular formula is C54H29BN2O2S2. The summed E-state index contributed by atoms with van der Waals surface area (Å²) < 4.78 is 17.9. The third kappa shape index (κ3) is 4.29. The smallest absolute Gasteiger partial charge is 0.318 e. The molecule has 15 rings (SSSR count). The maximum absolute atomic E-state index is 6.51. The zero-order chi connectivity index (χ0) is 39.5. The molecule has 282 valence electrons. The van der Waals surface area contributed by atoms with Crippen molar-refractivity contribution in [3.8, 4) is 33.6 Å². The minimum absolute atomic E-state index is 0.196. The largest absolute Gasteiger partial charge is 0.456 e. The second kappa shape index (κ2) is 11.8. The summed E-state index contributed by atoms with van der Waals surface area (Å²) in [5.41, 5.74) is 17.2. The lowest BCUT2D eigenvalue weighted by Gasteiger charge is -2.33. The Morgan fingerprint density at radius 1 is 0.361 bits per heavy atom. The molecule has 0 saturated carbocycles. The Bertz CT molecular complexity index is 4090. The molecule has 0 atom stereocenters. The van der Waals surface area contributed by atoms with Crippen LogP contribution in [0.1, 0.15) is 0 Å². The summed E-state index contributed by atoms with van der Waals surface area (Å²) in [5, 5.41) is 9.68. The lowest BCUT2D eigenvalue weighted by molar-refractivity contribution is 0.669. The van der Waals surface area contributed by atoms with E-state index in [9.17, 15) is 0 Å². The van der Waals surface area contributed by atoms with Gasteiger partial charge in [-0.15, -0.1) is 0 Å². The molecule has 0 saturated heterocycles. The van der Waals surface area contributed by atoms with Crippen LogP contribution < -0.4 is 5.46 Å². The molecule has 0 N–H and O–H groups in total. The lowest BCUT2D eigenvalue weighted by Crippen LogP contribution is -2.33. The first-order valence-electron chi connectivity index (χ1n) is 20.7. The Labute approximate surface area is 356 Å². The van der Waals surface area contributed by atoms with Crippen LogP contribution in [-0.4, -0.2) is 14.4 Å². The molecule has 13 aromatic rings. The van der Waals surface area contributed by atoms with Gasteiger partial charge in [-0.3, -0.25) is 0 Å². The summed E-state index contributed by atoms with van der Waals surface area (Å²) in [6.45, 7) is 0. The molecule has 0 fully saturated rings. The van der Waals surface area contributed by atoms with E-state index < -0.39 is 0 Å². The highest BCUT2D eigenvalue weighted by molar-refractivity contribution is 8.56. The molecule has 4 aromatic heterocycles. The van der Waals surface area contributed by atoms with Gasteiger partial charge in [0.1, 0.15) is 22.3 Å². The van der Waals surface area contributed by atoms with Crippen LogP contribution in [0.25, 0.3) is 121 Å². The van der Waals surface area contributed by atoms with E-state index in [1.807, 2.05) is 23.2 Å². The molecule has 0 radical (unpaired) electrons. The van der Waals surface area contributed by atoms with Gasteiger partial charge in [-0.1, -0.05) is 97.1 Å². The zero-order valence-electron chi connectivity index (χ0n) is 32.3. The Balaban J connectivity index is 1.03. The fourth-order valence-corrected chi connectivity index (χ4v) is 13.6. The minimum Gasteiger partial charge on any atom is -0.456 e. The molecule has 0 unspecified atom stereocenters. The van der Waals surface area contributed by atoms with Gasteiger partial charge in [0.2, 0.25) is 0 Å². The summed E-state index contributed by atoms with van der Waals surface area (Å²) in [7, 11) is 0. The highest BCUT2D eigenvalue weighted by Crippen LogP contribution is 2.52. The van der Waals surface area contributed by atoms with Gasteiger partial charge in [0.25, 0.3) is 0 Å². The van der Waals surface area contributed by atoms with Crippen LogP contribution >= 0.6 is 23.2 Å². The molecule has 61 heavy (non-hydrogen) atoms. The second-order valence-corrected chi connectivity index (χ2v) is 18.9. The van der Waals surface area contributed by atoms with Crippen molar-refractivity contribution in [3.05, 3.63) is 176 Å². The van der Waals surface area contributed by atoms with Gasteiger partial charge in [-0.05, 0) is 107 Å². The third-order valence-electron chi connectivity index (χ3n) is 13.2. The highest BCUT2D eigenvalue weighted by Gasteiger charge is 2.38. The first-order valence-corrected chi connectivity index (χ1v) is 22.4. The van der Waals surface area contributed by atoms with Crippen LogP contribution in [0.4, 0.5) is 0 Å². The van der Waals surface area contributed by atoms with E-state index in [1.54, 1.807) is 0 Å². The summed E-state index contributed by atoms with van der Waals surface area (Å²) in [6, 6.07) is 64.3. The van der Waals surface area contributed by atoms with Gasteiger partial charge < -0.3 is 18.0 Å². The molecule has 0 aliphatic carbocycles. The molecule has 6 heterocycles. The number of hydrogen-bond acceptors (Lipinski definition) is 4. The molecule has 9 aromatic carbocycles. The molecule has 0 amide bonds. The van der Waals surface area contributed by atoms with Crippen LogP contribution in [0.15, 0.2) is 195 Å². The Morgan fingerprint density at radius 3 is 1.51 bits per heavy atom. The minimum atomic E-state index is 0.196. The van der Waals surface area contributed by atoms with E-state index in [1.165, 1.54) is 81.1 Å². The molecule has 2 aliphatic rings. The van der Waals surface area contributed by atoms with Crippen molar-refractivity contribution in [2.45, 2.75) is 9.79 Å². The van der Waals surface area contributed by atoms with Crippen molar-refractivity contribution in [2.24, 2.45) is 0 Å². The Hall–Kier alpha value is -7.06. The average Bonchev–Trinajstić information content (AvgIpc) is 4.06. The maximum atomic E-state index is 6.51. The summed E-state index contributed by atoms with van der Waals surface area (Å²) in [5.74, 6) is 0. The number of hydrogen-bond donors (Lipinski definition) is 0. The summed E-state index contributed by atoms with van der Waals surface area (Å²) >= 11 is 3.96. The monoisotopic (exact) mass is 812 g/mol. The van der Waals surface area contributed by atoms with E-state index in [4.69, 9.17) is 8.83 Å². The van der Waals surface area contributed by atoms with E-state index in [2.05, 4.69) is 185 Å². The third-order valence-corrected chi connectivity index (χ3v) is 15.8. The van der Waals surface area contributed by atoms with Crippen molar-refractivity contribution in [1.82, 2.24) is 9.13 Å². The van der Waals surface area contributed by atoms with Crippen LogP contribution in [0.5, 0.6) is 0 Å². The number of aromatic nitrogens is 2. The van der Waals surface area contributed by atoms with E-state index in [0.717, 1.165) is 55.3 Å². The Morgan fingerprint density at radius 2 is 0.869 bits per heavy atom. The van der Waals surface area contributed by atoms with Gasteiger partial charge >= 0.3 is 5.27 Å². The second-order valence-electron chi connectivity index (χ2n) is 16.3. The fourth-order valence-electron chi connectivity index (χ4n) is 10.7. The first kappa shape index (κ1) is 32.8. The van der Waals surface area contributed by atoms with E-state index in [-0.39, 0.29) is 5.27 Å². The van der Waals surface area contributed by atoms with Crippen LogP contribution in [0.3, 0.4) is 0 Å². The predicted octanol–water partition coefficient (Wildman–Crippen LogP) is 14.9. The molecule has 0 spiro atoms. The van der Waals surface area contributed by atoms with Gasteiger partial charge in [-0.2, -0.15) is 23.2 Å². The summed E-state index contributed by atoms with van der Waals surface area (Å²) in [6.07, 6.45) is 0. The normalized spacial score (nSPS) is 13.4. The van der Waals surface area contributed by atoms with Gasteiger partial charge in [0, 0.05) is 53.5 Å². The van der Waals surface area contributed by atoms with Gasteiger partial charge in [0.05, 0.1) is 32.8 Å². The highest BCUT2D eigenvalue weighted by atomic mass is 32.2. The molecule has 4 nitrogen and oxygen atoms in total. The van der Waals surface area contributed by atoms with E-state index in [0.29, 0.717) is 0 Å². The quantitative estimate of drug-likeness (QED) is 0.163. The maximum Gasteiger partial charge on any atom is 0.318 e. The van der Waals surface area contributed by atoms with Gasteiger partial charge in [0.15, 0.2) is 0 Å². The number of furan rings is 2.